The number of pyridine rings is 1. The fourth-order valence-electron chi connectivity index (χ4n) is 1.54. The lowest BCUT2D eigenvalue weighted by molar-refractivity contribution is 0.578. The van der Waals surface area contributed by atoms with Gasteiger partial charge in [0.2, 0.25) is 15.6 Å². The Bertz CT molecular complexity index is 656. The lowest BCUT2D eigenvalue weighted by atomic mass is 10.3. The molecule has 0 radical (unpaired) electrons. The van der Waals surface area contributed by atoms with Crippen molar-refractivity contribution in [2.24, 2.45) is 0 Å². The third-order valence-electron chi connectivity index (χ3n) is 2.50. The monoisotopic (exact) mass is 282 g/mol. The van der Waals surface area contributed by atoms with Gasteiger partial charge < -0.3 is 9.97 Å². The maximum atomic E-state index is 11.8. The summed E-state index contributed by atoms with van der Waals surface area (Å²) < 4.78 is 26.2. The van der Waals surface area contributed by atoms with Gasteiger partial charge in [-0.1, -0.05) is 0 Å². The summed E-state index contributed by atoms with van der Waals surface area (Å²) in [4.78, 5) is 20.2. The molecule has 7 nitrogen and oxygen atoms in total. The van der Waals surface area contributed by atoms with Crippen LogP contribution in [0.15, 0.2) is 40.4 Å². The molecule has 0 aliphatic heterocycles. The number of rotatable bonds is 6. The smallest absolute Gasteiger partial charge is 0.247 e. The molecule has 0 bridgehead atoms. The van der Waals surface area contributed by atoms with Gasteiger partial charge in [0.05, 0.1) is 4.90 Å². The summed E-state index contributed by atoms with van der Waals surface area (Å²) in [5.74, 6) is 0.822. The van der Waals surface area contributed by atoms with Crippen LogP contribution in [0, 0.1) is 0 Å². The maximum absolute atomic E-state index is 11.8. The highest BCUT2D eigenvalue weighted by Gasteiger charge is 2.12. The highest BCUT2D eigenvalue weighted by molar-refractivity contribution is 7.89. The Morgan fingerprint density at radius 2 is 2.11 bits per heavy atom. The molecule has 0 spiro atoms. The van der Waals surface area contributed by atoms with Gasteiger partial charge in [-0.2, -0.15) is 0 Å². The second-order valence-corrected chi connectivity index (χ2v) is 5.69. The van der Waals surface area contributed by atoms with E-state index in [0.717, 1.165) is 5.82 Å². The van der Waals surface area contributed by atoms with Crippen molar-refractivity contribution in [3.63, 3.8) is 0 Å². The van der Waals surface area contributed by atoms with Gasteiger partial charge in [-0.25, -0.2) is 18.1 Å². The van der Waals surface area contributed by atoms with Gasteiger partial charge >= 0.3 is 0 Å². The summed E-state index contributed by atoms with van der Waals surface area (Å²) in [5, 5.41) is 0. The van der Waals surface area contributed by atoms with Crippen LogP contribution < -0.4 is 10.3 Å². The molecule has 0 saturated heterocycles. The number of imidazole rings is 1. The molecule has 3 N–H and O–H groups in total. The summed E-state index contributed by atoms with van der Waals surface area (Å²) in [7, 11) is -3.57. The van der Waals surface area contributed by atoms with Crippen LogP contribution in [0.2, 0.25) is 0 Å². The number of nitrogens with zero attached hydrogens (tertiary/aromatic N) is 1. The Morgan fingerprint density at radius 1 is 1.26 bits per heavy atom. The summed E-state index contributed by atoms with van der Waals surface area (Å²) in [6.07, 6.45) is 5.86. The SMILES string of the molecule is O=c1ccc(S(=O)(=O)NCCCc2ncc[nH]2)c[nH]1. The predicted molar refractivity (Wildman–Crippen MR) is 69.2 cm³/mol. The molecule has 0 saturated carbocycles. The predicted octanol–water partition coefficient (Wildman–Crippen LogP) is 0.00910. The molecule has 19 heavy (non-hydrogen) atoms. The normalized spacial score (nSPS) is 11.6. The van der Waals surface area contributed by atoms with Crippen LogP contribution in [0.25, 0.3) is 0 Å². The van der Waals surface area contributed by atoms with Crippen molar-refractivity contribution in [2.75, 3.05) is 6.54 Å². The number of sulfonamides is 1. The molecule has 0 atom stereocenters. The molecule has 2 heterocycles. The highest BCUT2D eigenvalue weighted by atomic mass is 32.2. The third-order valence-corrected chi connectivity index (χ3v) is 3.96. The number of aromatic amines is 2. The Balaban J connectivity index is 1.87. The zero-order valence-corrected chi connectivity index (χ0v) is 10.9. The van der Waals surface area contributed by atoms with E-state index < -0.39 is 10.0 Å². The van der Waals surface area contributed by atoms with Gasteiger partial charge in [-0.3, -0.25) is 4.79 Å². The molecule has 2 aromatic heterocycles. The van der Waals surface area contributed by atoms with E-state index in [1.807, 2.05) is 0 Å². The zero-order valence-electron chi connectivity index (χ0n) is 10.1. The van der Waals surface area contributed by atoms with Crippen molar-refractivity contribution < 1.29 is 8.42 Å². The van der Waals surface area contributed by atoms with Crippen molar-refractivity contribution in [2.45, 2.75) is 17.7 Å². The molecular weight excluding hydrogens is 268 g/mol. The van der Waals surface area contributed by atoms with Crippen LogP contribution in [0.5, 0.6) is 0 Å². The molecule has 2 rings (SSSR count). The Kier molecular flexibility index (Phi) is 4.13. The van der Waals surface area contributed by atoms with E-state index in [4.69, 9.17) is 0 Å². The zero-order chi connectivity index (χ0) is 13.7. The highest BCUT2D eigenvalue weighted by Crippen LogP contribution is 2.04. The molecule has 0 aromatic carbocycles. The average Bonchev–Trinajstić information content (AvgIpc) is 2.88. The Hall–Kier alpha value is -1.93. The van der Waals surface area contributed by atoms with Crippen molar-refractivity contribution in [3.05, 3.63) is 46.9 Å². The molecule has 2 aromatic rings. The first kappa shape index (κ1) is 13.5. The van der Waals surface area contributed by atoms with E-state index in [0.29, 0.717) is 19.4 Å². The fraction of sp³-hybridized carbons (Fsp3) is 0.273. The summed E-state index contributed by atoms with van der Waals surface area (Å²) in [5.41, 5.74) is -0.336. The molecule has 0 unspecified atom stereocenters. The first-order valence-electron chi connectivity index (χ1n) is 5.74. The lowest BCUT2D eigenvalue weighted by Gasteiger charge is -2.05. The number of aromatic nitrogens is 3. The van der Waals surface area contributed by atoms with Crippen molar-refractivity contribution in [1.82, 2.24) is 19.7 Å². The minimum atomic E-state index is -3.57. The molecule has 0 fully saturated rings. The van der Waals surface area contributed by atoms with Crippen LogP contribution in [0.4, 0.5) is 0 Å². The number of hydrogen-bond donors (Lipinski definition) is 3. The van der Waals surface area contributed by atoms with Gasteiger partial charge in [0.25, 0.3) is 0 Å². The first-order chi connectivity index (χ1) is 9.08. The van der Waals surface area contributed by atoms with E-state index in [2.05, 4.69) is 19.7 Å². The first-order valence-corrected chi connectivity index (χ1v) is 7.23. The molecule has 0 aliphatic carbocycles. The third kappa shape index (κ3) is 3.76. The van der Waals surface area contributed by atoms with Crippen LogP contribution in [-0.4, -0.2) is 29.9 Å². The molecular formula is C11H14N4O3S. The van der Waals surface area contributed by atoms with E-state index >= 15 is 0 Å². The fourth-order valence-corrected chi connectivity index (χ4v) is 2.58. The maximum Gasteiger partial charge on any atom is 0.247 e. The second-order valence-electron chi connectivity index (χ2n) is 3.93. The number of H-pyrrole nitrogens is 2. The van der Waals surface area contributed by atoms with E-state index in [-0.39, 0.29) is 10.5 Å². The van der Waals surface area contributed by atoms with Crippen LogP contribution in [-0.2, 0) is 16.4 Å². The van der Waals surface area contributed by atoms with Gasteiger partial charge in [0.15, 0.2) is 0 Å². The minimum Gasteiger partial charge on any atom is -0.349 e. The quantitative estimate of drug-likeness (QED) is 0.648. The van der Waals surface area contributed by atoms with Gasteiger partial charge in [0.1, 0.15) is 5.82 Å². The summed E-state index contributed by atoms with van der Waals surface area (Å²) >= 11 is 0. The Labute approximate surface area is 110 Å². The lowest BCUT2D eigenvalue weighted by Crippen LogP contribution is -2.25. The van der Waals surface area contributed by atoms with Crippen molar-refractivity contribution in [3.8, 4) is 0 Å². The second kappa shape index (κ2) is 5.81. The largest absolute Gasteiger partial charge is 0.349 e. The Morgan fingerprint density at radius 3 is 2.74 bits per heavy atom. The van der Waals surface area contributed by atoms with Crippen LogP contribution >= 0.6 is 0 Å². The molecule has 102 valence electrons. The van der Waals surface area contributed by atoms with Crippen molar-refractivity contribution >= 4 is 10.0 Å². The van der Waals surface area contributed by atoms with Crippen molar-refractivity contribution in [1.29, 1.82) is 0 Å². The summed E-state index contributed by atoms with van der Waals surface area (Å²) in [6, 6.07) is 2.45. The van der Waals surface area contributed by atoms with Crippen LogP contribution in [0.3, 0.4) is 0 Å². The van der Waals surface area contributed by atoms with Gasteiger partial charge in [-0.05, 0) is 12.5 Å². The number of hydrogen-bond acceptors (Lipinski definition) is 4. The molecule has 0 aliphatic rings. The standard InChI is InChI=1S/C11H14N4O3S/c16-11-4-3-9(8-14-11)19(17,18)15-5-1-2-10-12-6-7-13-10/h3-4,6-8,15H,1-2,5H2,(H,12,13)(H,14,16). The van der Waals surface area contributed by atoms with Gasteiger partial charge in [0, 0.05) is 37.6 Å². The number of aryl methyl sites for hydroxylation is 1. The summed E-state index contributed by atoms with van der Waals surface area (Å²) in [6.45, 7) is 0.308. The van der Waals surface area contributed by atoms with Crippen LogP contribution in [0.1, 0.15) is 12.2 Å². The molecule has 8 heteroatoms. The number of nitrogens with one attached hydrogen (secondary N) is 3. The molecule has 0 amide bonds. The minimum absolute atomic E-state index is 0.0464. The van der Waals surface area contributed by atoms with Gasteiger partial charge in [-0.15, -0.1) is 0 Å². The average molecular weight is 282 g/mol. The van der Waals surface area contributed by atoms with E-state index in [1.165, 1.54) is 18.3 Å². The topological polar surface area (TPSA) is 108 Å². The van der Waals surface area contributed by atoms with E-state index in [9.17, 15) is 13.2 Å². The van der Waals surface area contributed by atoms with E-state index in [1.54, 1.807) is 12.4 Å².